The number of aryl methyl sites for hydroxylation is 1. The van der Waals surface area contributed by atoms with E-state index in [0.29, 0.717) is 13.1 Å². The van der Waals surface area contributed by atoms with Gasteiger partial charge in [0.2, 0.25) is 5.91 Å². The van der Waals surface area contributed by atoms with E-state index >= 15 is 0 Å². The van der Waals surface area contributed by atoms with Gasteiger partial charge < -0.3 is 10.4 Å². The molecule has 0 aromatic carbocycles. The minimum atomic E-state index is -1.03. The molecule has 0 spiro atoms. The predicted octanol–water partition coefficient (Wildman–Crippen LogP) is 0.883. The van der Waals surface area contributed by atoms with Crippen LogP contribution in [0.3, 0.4) is 0 Å². The molecule has 19 heavy (non-hydrogen) atoms. The smallest absolute Gasteiger partial charge is 0.408 e. The molecule has 6 heteroatoms. The number of unbranched alkanes of at least 4 members (excludes halogenated alkanes) is 1. The van der Waals surface area contributed by atoms with Crippen LogP contribution < -0.4 is 5.32 Å². The van der Waals surface area contributed by atoms with Crippen LogP contribution in [0.1, 0.15) is 18.5 Å². The SMILES string of the molecule is O=C1NC[C@@H]1N(CCCCc1ccccn1)C(=O)O. The minimum Gasteiger partial charge on any atom is -0.465 e. The molecule has 0 bridgehead atoms. The number of hydrogen-bond donors (Lipinski definition) is 2. The molecular weight excluding hydrogens is 246 g/mol. The first-order valence-corrected chi connectivity index (χ1v) is 6.35. The lowest BCUT2D eigenvalue weighted by Gasteiger charge is -2.34. The van der Waals surface area contributed by atoms with Crippen molar-refractivity contribution < 1.29 is 14.7 Å². The molecule has 1 aromatic rings. The van der Waals surface area contributed by atoms with Crippen molar-refractivity contribution in [2.75, 3.05) is 13.1 Å². The fourth-order valence-corrected chi connectivity index (χ4v) is 2.05. The van der Waals surface area contributed by atoms with E-state index in [1.54, 1.807) is 6.20 Å². The number of hydrogen-bond acceptors (Lipinski definition) is 3. The van der Waals surface area contributed by atoms with Gasteiger partial charge in [0, 0.05) is 25.0 Å². The van der Waals surface area contributed by atoms with Gasteiger partial charge in [0.05, 0.1) is 0 Å². The molecule has 2 amide bonds. The lowest BCUT2D eigenvalue weighted by molar-refractivity contribution is -0.132. The van der Waals surface area contributed by atoms with E-state index in [1.165, 1.54) is 4.90 Å². The second-order valence-corrected chi connectivity index (χ2v) is 4.52. The van der Waals surface area contributed by atoms with Crippen molar-refractivity contribution in [2.24, 2.45) is 0 Å². The summed E-state index contributed by atoms with van der Waals surface area (Å²) in [6.07, 6.45) is 3.13. The molecule has 0 radical (unpaired) electrons. The van der Waals surface area contributed by atoms with E-state index in [-0.39, 0.29) is 5.91 Å². The fourth-order valence-electron chi connectivity index (χ4n) is 2.05. The Bertz CT molecular complexity index is 450. The zero-order valence-corrected chi connectivity index (χ0v) is 10.6. The lowest BCUT2D eigenvalue weighted by Crippen LogP contribution is -2.63. The number of rotatable bonds is 6. The van der Waals surface area contributed by atoms with E-state index in [9.17, 15) is 9.59 Å². The Morgan fingerprint density at radius 1 is 1.47 bits per heavy atom. The summed E-state index contributed by atoms with van der Waals surface area (Å²) in [5.41, 5.74) is 1.01. The highest BCUT2D eigenvalue weighted by atomic mass is 16.4. The maximum Gasteiger partial charge on any atom is 0.408 e. The van der Waals surface area contributed by atoms with Gasteiger partial charge in [-0.15, -0.1) is 0 Å². The highest BCUT2D eigenvalue weighted by molar-refractivity contribution is 5.90. The number of carbonyl (C=O) groups is 2. The summed E-state index contributed by atoms with van der Waals surface area (Å²) in [6.45, 7) is 0.811. The fraction of sp³-hybridized carbons (Fsp3) is 0.462. The number of amides is 2. The number of carboxylic acid groups (broad SMARTS) is 1. The van der Waals surface area contributed by atoms with Crippen molar-refractivity contribution in [2.45, 2.75) is 25.3 Å². The molecule has 1 atom stereocenters. The minimum absolute atomic E-state index is 0.202. The second-order valence-electron chi connectivity index (χ2n) is 4.52. The van der Waals surface area contributed by atoms with Gasteiger partial charge in [-0.05, 0) is 31.4 Å². The predicted molar refractivity (Wildman–Crippen MR) is 68.7 cm³/mol. The first kappa shape index (κ1) is 13.3. The first-order valence-electron chi connectivity index (χ1n) is 6.35. The third-order valence-corrected chi connectivity index (χ3v) is 3.20. The van der Waals surface area contributed by atoms with Gasteiger partial charge in [0.15, 0.2) is 0 Å². The zero-order chi connectivity index (χ0) is 13.7. The normalized spacial score (nSPS) is 17.5. The summed E-state index contributed by atoms with van der Waals surface area (Å²) in [6, 6.07) is 5.25. The van der Waals surface area contributed by atoms with E-state index in [0.717, 1.165) is 25.0 Å². The average molecular weight is 263 g/mol. The largest absolute Gasteiger partial charge is 0.465 e. The Labute approximate surface area is 111 Å². The highest BCUT2D eigenvalue weighted by Crippen LogP contribution is 2.10. The molecule has 1 aliphatic heterocycles. The first-order chi connectivity index (χ1) is 9.18. The van der Waals surface area contributed by atoms with E-state index in [1.807, 2.05) is 18.2 Å². The van der Waals surface area contributed by atoms with Gasteiger partial charge in [-0.1, -0.05) is 6.07 Å². The van der Waals surface area contributed by atoms with Gasteiger partial charge in [-0.25, -0.2) is 4.79 Å². The Hall–Kier alpha value is -2.11. The second kappa shape index (κ2) is 6.17. The van der Waals surface area contributed by atoms with Gasteiger partial charge in [-0.3, -0.25) is 14.7 Å². The summed E-state index contributed by atoms with van der Waals surface area (Å²) < 4.78 is 0. The van der Waals surface area contributed by atoms with Gasteiger partial charge in [0.25, 0.3) is 0 Å². The van der Waals surface area contributed by atoms with Crippen LogP contribution in [0.15, 0.2) is 24.4 Å². The Morgan fingerprint density at radius 3 is 2.84 bits per heavy atom. The summed E-state index contributed by atoms with van der Waals surface area (Å²) in [4.78, 5) is 27.7. The molecule has 2 N–H and O–H groups in total. The summed E-state index contributed by atoms with van der Waals surface area (Å²) in [5.74, 6) is -0.202. The summed E-state index contributed by atoms with van der Waals surface area (Å²) in [7, 11) is 0. The van der Waals surface area contributed by atoms with Crippen molar-refractivity contribution >= 4 is 12.0 Å². The van der Waals surface area contributed by atoms with Crippen LogP contribution in [0.5, 0.6) is 0 Å². The number of aromatic nitrogens is 1. The van der Waals surface area contributed by atoms with Gasteiger partial charge in [-0.2, -0.15) is 0 Å². The van der Waals surface area contributed by atoms with Crippen LogP contribution in [-0.2, 0) is 11.2 Å². The summed E-state index contributed by atoms with van der Waals surface area (Å²) in [5, 5.41) is 11.6. The van der Waals surface area contributed by atoms with Gasteiger partial charge >= 0.3 is 6.09 Å². The maximum atomic E-state index is 11.2. The molecule has 1 saturated heterocycles. The topological polar surface area (TPSA) is 82.5 Å². The van der Waals surface area contributed by atoms with Crippen molar-refractivity contribution in [3.63, 3.8) is 0 Å². The van der Waals surface area contributed by atoms with E-state index in [2.05, 4.69) is 10.3 Å². The lowest BCUT2D eigenvalue weighted by atomic mass is 10.1. The zero-order valence-electron chi connectivity index (χ0n) is 10.6. The maximum absolute atomic E-state index is 11.2. The molecule has 1 aromatic heterocycles. The van der Waals surface area contributed by atoms with Crippen molar-refractivity contribution in [1.82, 2.24) is 15.2 Å². The summed E-state index contributed by atoms with van der Waals surface area (Å²) >= 11 is 0. The molecule has 1 fully saturated rings. The van der Waals surface area contributed by atoms with Crippen molar-refractivity contribution in [3.8, 4) is 0 Å². The molecule has 0 unspecified atom stereocenters. The number of carbonyl (C=O) groups excluding carboxylic acids is 1. The van der Waals surface area contributed by atoms with Crippen LogP contribution in [0.4, 0.5) is 4.79 Å². The van der Waals surface area contributed by atoms with Crippen LogP contribution in [0, 0.1) is 0 Å². The Kier molecular flexibility index (Phi) is 4.33. The molecule has 0 aliphatic carbocycles. The Balaban J connectivity index is 1.74. The van der Waals surface area contributed by atoms with Crippen molar-refractivity contribution in [3.05, 3.63) is 30.1 Å². The standard InChI is InChI=1S/C13H17N3O3/c17-12-11(9-15-12)16(13(18)19)8-4-2-6-10-5-1-3-7-14-10/h1,3,5,7,11H,2,4,6,8-9H2,(H,15,17)(H,18,19)/t11-/m0/s1. The third-order valence-electron chi connectivity index (χ3n) is 3.20. The molecule has 2 heterocycles. The monoisotopic (exact) mass is 263 g/mol. The molecule has 6 nitrogen and oxygen atoms in total. The van der Waals surface area contributed by atoms with E-state index in [4.69, 9.17) is 5.11 Å². The number of β-lactam (4-membered cyclic amide) rings is 1. The van der Waals surface area contributed by atoms with Crippen LogP contribution in [-0.4, -0.2) is 46.1 Å². The average Bonchev–Trinajstić information content (AvgIpc) is 2.41. The van der Waals surface area contributed by atoms with Gasteiger partial charge in [0.1, 0.15) is 6.04 Å². The molecule has 1 aliphatic rings. The molecule has 2 rings (SSSR count). The van der Waals surface area contributed by atoms with Crippen LogP contribution >= 0.6 is 0 Å². The number of nitrogens with one attached hydrogen (secondary N) is 1. The van der Waals surface area contributed by atoms with Crippen LogP contribution in [0.25, 0.3) is 0 Å². The quantitative estimate of drug-likeness (QED) is 0.589. The third kappa shape index (κ3) is 3.43. The van der Waals surface area contributed by atoms with Crippen molar-refractivity contribution in [1.29, 1.82) is 0 Å². The van der Waals surface area contributed by atoms with Crippen LogP contribution in [0.2, 0.25) is 0 Å². The Morgan fingerprint density at radius 2 is 2.32 bits per heavy atom. The highest BCUT2D eigenvalue weighted by Gasteiger charge is 2.35. The molecular formula is C13H17N3O3. The molecule has 0 saturated carbocycles. The number of nitrogens with zero attached hydrogens (tertiary/aromatic N) is 2. The van der Waals surface area contributed by atoms with E-state index < -0.39 is 12.1 Å². The number of pyridine rings is 1. The molecule has 102 valence electrons.